The van der Waals surface area contributed by atoms with E-state index in [1.54, 1.807) is 6.07 Å². The number of halogens is 1. The van der Waals surface area contributed by atoms with Crippen molar-refractivity contribution in [2.75, 3.05) is 20.2 Å². The van der Waals surface area contributed by atoms with Crippen LogP contribution in [0, 0.1) is 11.3 Å². The highest BCUT2D eigenvalue weighted by molar-refractivity contribution is 6.31. The molecule has 1 atom stereocenters. The van der Waals surface area contributed by atoms with Crippen molar-refractivity contribution in [2.24, 2.45) is 0 Å². The van der Waals surface area contributed by atoms with Gasteiger partial charge in [-0.3, -0.25) is 4.90 Å². The molecule has 1 aliphatic rings. The fourth-order valence-electron chi connectivity index (χ4n) is 2.40. The number of benzene rings is 1. The monoisotopic (exact) mass is 278 g/mol. The maximum absolute atomic E-state index is 8.82. The minimum absolute atomic E-state index is 0.343. The predicted molar refractivity (Wildman–Crippen MR) is 76.1 cm³/mol. The van der Waals surface area contributed by atoms with Gasteiger partial charge in [0, 0.05) is 24.7 Å². The summed E-state index contributed by atoms with van der Waals surface area (Å²) in [7, 11) is 2.08. The van der Waals surface area contributed by atoms with Crippen molar-refractivity contribution < 1.29 is 4.74 Å². The lowest BCUT2D eigenvalue weighted by molar-refractivity contribution is -0.00258. The second kappa shape index (κ2) is 6.91. The van der Waals surface area contributed by atoms with Crippen LogP contribution in [-0.4, -0.2) is 31.2 Å². The van der Waals surface area contributed by atoms with Crippen LogP contribution in [0.2, 0.25) is 5.02 Å². The highest BCUT2D eigenvalue weighted by Crippen LogP contribution is 2.20. The maximum Gasteiger partial charge on any atom is 0.0992 e. The molecule has 1 heterocycles. The number of ether oxygens (including phenoxy) is 1. The Morgan fingerprint density at radius 2 is 2.32 bits per heavy atom. The Kier molecular flexibility index (Phi) is 5.21. The first-order chi connectivity index (χ1) is 9.19. The number of likely N-dealkylation sites (N-methyl/N-ethyl adjacent to an activating group) is 1. The second-order valence-corrected chi connectivity index (χ2v) is 5.51. The van der Waals surface area contributed by atoms with Gasteiger partial charge in [0.25, 0.3) is 0 Å². The maximum atomic E-state index is 8.82. The fraction of sp³-hybridized carbons (Fsp3) is 0.533. The van der Waals surface area contributed by atoms with Gasteiger partial charge in [-0.1, -0.05) is 17.7 Å². The largest absolute Gasteiger partial charge is 0.377 e. The molecule has 0 spiro atoms. The first-order valence-electron chi connectivity index (χ1n) is 6.67. The zero-order valence-corrected chi connectivity index (χ0v) is 12.0. The lowest BCUT2D eigenvalue weighted by Crippen LogP contribution is -2.33. The smallest absolute Gasteiger partial charge is 0.0992 e. The molecular formula is C15H19ClN2O. The Balaban J connectivity index is 1.91. The van der Waals surface area contributed by atoms with Crippen LogP contribution < -0.4 is 0 Å². The molecule has 0 saturated carbocycles. The quantitative estimate of drug-likeness (QED) is 0.848. The van der Waals surface area contributed by atoms with E-state index in [1.807, 2.05) is 12.1 Å². The van der Waals surface area contributed by atoms with E-state index in [4.69, 9.17) is 21.6 Å². The summed E-state index contributed by atoms with van der Waals surface area (Å²) >= 11 is 6.19. The molecule has 0 amide bonds. The molecule has 1 aromatic rings. The van der Waals surface area contributed by atoms with Crippen LogP contribution in [0.25, 0.3) is 0 Å². The summed E-state index contributed by atoms with van der Waals surface area (Å²) in [6.45, 7) is 2.59. The van der Waals surface area contributed by atoms with E-state index in [0.29, 0.717) is 16.7 Å². The van der Waals surface area contributed by atoms with Gasteiger partial charge in [-0.25, -0.2) is 0 Å². The molecule has 0 bridgehead atoms. The Hall–Kier alpha value is -1.08. The van der Waals surface area contributed by atoms with Gasteiger partial charge < -0.3 is 4.74 Å². The SMILES string of the molecule is CN(Cc1ccc(C#N)cc1Cl)CC1CCCCO1. The highest BCUT2D eigenvalue weighted by Gasteiger charge is 2.16. The van der Waals surface area contributed by atoms with Crippen molar-refractivity contribution in [2.45, 2.75) is 31.9 Å². The molecule has 0 aromatic heterocycles. The van der Waals surface area contributed by atoms with E-state index in [0.717, 1.165) is 31.7 Å². The van der Waals surface area contributed by atoms with Crippen LogP contribution in [0.1, 0.15) is 30.4 Å². The van der Waals surface area contributed by atoms with Crippen molar-refractivity contribution in [3.63, 3.8) is 0 Å². The predicted octanol–water partition coefficient (Wildman–Crippen LogP) is 3.21. The third-order valence-corrected chi connectivity index (χ3v) is 3.76. The third-order valence-electron chi connectivity index (χ3n) is 3.41. The molecule has 3 nitrogen and oxygen atoms in total. The normalized spacial score (nSPS) is 19.4. The lowest BCUT2D eigenvalue weighted by Gasteiger charge is -2.27. The molecular weight excluding hydrogens is 260 g/mol. The molecule has 19 heavy (non-hydrogen) atoms. The van der Waals surface area contributed by atoms with Crippen molar-refractivity contribution in [1.29, 1.82) is 5.26 Å². The number of hydrogen-bond donors (Lipinski definition) is 0. The number of nitrogens with zero attached hydrogens (tertiary/aromatic N) is 2. The summed E-state index contributed by atoms with van der Waals surface area (Å²) in [5, 5.41) is 9.48. The van der Waals surface area contributed by atoms with Gasteiger partial charge in [-0.05, 0) is 44.0 Å². The molecule has 1 aromatic carbocycles. The van der Waals surface area contributed by atoms with Crippen molar-refractivity contribution >= 4 is 11.6 Å². The Labute approximate surface area is 119 Å². The van der Waals surface area contributed by atoms with Gasteiger partial charge in [0.1, 0.15) is 0 Å². The fourth-order valence-corrected chi connectivity index (χ4v) is 2.64. The van der Waals surface area contributed by atoms with Crippen LogP contribution in [0.4, 0.5) is 0 Å². The van der Waals surface area contributed by atoms with Crippen LogP contribution in [0.3, 0.4) is 0 Å². The molecule has 0 radical (unpaired) electrons. The van der Waals surface area contributed by atoms with E-state index in [2.05, 4.69) is 18.0 Å². The van der Waals surface area contributed by atoms with Crippen LogP contribution in [-0.2, 0) is 11.3 Å². The first-order valence-corrected chi connectivity index (χ1v) is 7.05. The third kappa shape index (κ3) is 4.21. The summed E-state index contributed by atoms with van der Waals surface area (Å²) in [5.41, 5.74) is 1.66. The van der Waals surface area contributed by atoms with Gasteiger partial charge in [-0.2, -0.15) is 5.26 Å². The van der Waals surface area contributed by atoms with Crippen LogP contribution in [0.5, 0.6) is 0 Å². The summed E-state index contributed by atoms with van der Waals surface area (Å²) in [5.74, 6) is 0. The molecule has 4 heteroatoms. The Morgan fingerprint density at radius 3 is 2.95 bits per heavy atom. The van der Waals surface area contributed by atoms with E-state index in [1.165, 1.54) is 12.8 Å². The Bertz CT molecular complexity index is 464. The van der Waals surface area contributed by atoms with Crippen molar-refractivity contribution in [3.8, 4) is 6.07 Å². The topological polar surface area (TPSA) is 36.3 Å². The first kappa shape index (κ1) is 14.3. The zero-order valence-electron chi connectivity index (χ0n) is 11.2. The highest BCUT2D eigenvalue weighted by atomic mass is 35.5. The Morgan fingerprint density at radius 1 is 1.47 bits per heavy atom. The van der Waals surface area contributed by atoms with Crippen molar-refractivity contribution in [1.82, 2.24) is 4.90 Å². The van der Waals surface area contributed by atoms with Crippen LogP contribution >= 0.6 is 11.6 Å². The van der Waals surface area contributed by atoms with E-state index in [-0.39, 0.29) is 0 Å². The van der Waals surface area contributed by atoms with E-state index in [9.17, 15) is 0 Å². The lowest BCUT2D eigenvalue weighted by atomic mass is 10.1. The molecule has 1 aliphatic heterocycles. The molecule has 0 aliphatic carbocycles. The summed E-state index contributed by atoms with van der Waals surface area (Å²) in [6, 6.07) is 7.56. The molecule has 0 N–H and O–H groups in total. The average Bonchev–Trinajstić information content (AvgIpc) is 2.42. The van der Waals surface area contributed by atoms with Gasteiger partial charge in [0.15, 0.2) is 0 Å². The molecule has 1 unspecified atom stereocenters. The second-order valence-electron chi connectivity index (χ2n) is 5.10. The minimum Gasteiger partial charge on any atom is -0.377 e. The minimum atomic E-state index is 0.343. The molecule has 102 valence electrons. The molecule has 1 saturated heterocycles. The number of hydrogen-bond acceptors (Lipinski definition) is 3. The van der Waals surface area contributed by atoms with Gasteiger partial charge in [-0.15, -0.1) is 0 Å². The van der Waals surface area contributed by atoms with E-state index < -0.39 is 0 Å². The van der Waals surface area contributed by atoms with Crippen LogP contribution in [0.15, 0.2) is 18.2 Å². The zero-order chi connectivity index (χ0) is 13.7. The summed E-state index contributed by atoms with van der Waals surface area (Å²) < 4.78 is 5.74. The van der Waals surface area contributed by atoms with Crippen molar-refractivity contribution in [3.05, 3.63) is 34.3 Å². The van der Waals surface area contributed by atoms with Gasteiger partial charge in [0.05, 0.1) is 17.7 Å². The summed E-state index contributed by atoms with van der Waals surface area (Å²) in [4.78, 5) is 2.23. The molecule has 1 fully saturated rings. The molecule has 2 rings (SSSR count). The number of rotatable bonds is 4. The average molecular weight is 279 g/mol. The number of nitriles is 1. The van der Waals surface area contributed by atoms with Gasteiger partial charge >= 0.3 is 0 Å². The standard InChI is InChI=1S/C15H19ClN2O/c1-18(11-14-4-2-3-7-19-14)10-13-6-5-12(9-17)8-15(13)16/h5-6,8,14H,2-4,7,10-11H2,1H3. The summed E-state index contributed by atoms with van der Waals surface area (Å²) in [6.07, 6.45) is 3.93. The van der Waals surface area contributed by atoms with E-state index >= 15 is 0 Å². The van der Waals surface area contributed by atoms with Gasteiger partial charge in [0.2, 0.25) is 0 Å².